The van der Waals surface area contributed by atoms with Crippen LogP contribution in [0.3, 0.4) is 0 Å². The van der Waals surface area contributed by atoms with E-state index >= 15 is 0 Å². The second kappa shape index (κ2) is 4.31. The third-order valence-corrected chi connectivity index (χ3v) is 4.39. The summed E-state index contributed by atoms with van der Waals surface area (Å²) in [6.45, 7) is 0. The molecule has 1 aromatic heterocycles. The zero-order valence-corrected chi connectivity index (χ0v) is 10.1. The molecule has 0 bridgehead atoms. The van der Waals surface area contributed by atoms with Crippen molar-refractivity contribution in [3.8, 4) is 0 Å². The molecular weight excluding hydrogens is 236 g/mol. The molecule has 0 N–H and O–H groups in total. The maximum absolute atomic E-state index is 4.42. The molecule has 0 saturated carbocycles. The molecule has 1 unspecified atom stereocenters. The van der Waals surface area contributed by atoms with Crippen LogP contribution < -0.4 is 5.01 Å². The van der Waals surface area contributed by atoms with Crippen LogP contribution in [0.5, 0.6) is 0 Å². The van der Waals surface area contributed by atoms with Gasteiger partial charge in [0.05, 0.1) is 11.2 Å². The standard InChI is InChI=1S/C12H10N2S2/c1-2-5-10(6-3-1)14-12(16-9-13-14)11-7-4-8-15-11/h1-9,12H. The Bertz CT molecular complexity index is 479. The van der Waals surface area contributed by atoms with Crippen molar-refractivity contribution in [2.24, 2.45) is 5.10 Å². The van der Waals surface area contributed by atoms with Gasteiger partial charge in [0.15, 0.2) is 0 Å². The van der Waals surface area contributed by atoms with E-state index in [0.717, 1.165) is 5.69 Å². The van der Waals surface area contributed by atoms with Crippen LogP contribution in [-0.2, 0) is 0 Å². The van der Waals surface area contributed by atoms with Crippen LogP contribution in [0.25, 0.3) is 0 Å². The van der Waals surface area contributed by atoms with E-state index in [1.165, 1.54) is 4.88 Å². The Balaban J connectivity index is 1.93. The molecule has 0 amide bonds. The molecule has 1 aromatic carbocycles. The molecule has 0 aliphatic carbocycles. The van der Waals surface area contributed by atoms with Crippen molar-refractivity contribution in [2.45, 2.75) is 5.37 Å². The van der Waals surface area contributed by atoms with Crippen molar-refractivity contribution in [1.29, 1.82) is 0 Å². The predicted octanol–water partition coefficient (Wildman–Crippen LogP) is 3.94. The van der Waals surface area contributed by atoms with Gasteiger partial charge >= 0.3 is 0 Å². The lowest BCUT2D eigenvalue weighted by Gasteiger charge is -2.21. The van der Waals surface area contributed by atoms with Gasteiger partial charge in [-0.1, -0.05) is 36.0 Å². The lowest BCUT2D eigenvalue weighted by atomic mass is 10.3. The minimum absolute atomic E-state index is 0.294. The van der Waals surface area contributed by atoms with Gasteiger partial charge in [0, 0.05) is 4.88 Å². The number of hydrogen-bond donors (Lipinski definition) is 0. The number of anilines is 1. The zero-order valence-electron chi connectivity index (χ0n) is 8.48. The first-order chi connectivity index (χ1) is 7.95. The summed E-state index contributed by atoms with van der Waals surface area (Å²) < 4.78 is 0. The Morgan fingerprint density at radius 3 is 2.69 bits per heavy atom. The Hall–Kier alpha value is -1.26. The second-order valence-electron chi connectivity index (χ2n) is 3.40. The quantitative estimate of drug-likeness (QED) is 0.797. The highest BCUT2D eigenvalue weighted by Gasteiger charge is 2.25. The molecule has 0 spiro atoms. The predicted molar refractivity (Wildman–Crippen MR) is 72.1 cm³/mol. The summed E-state index contributed by atoms with van der Waals surface area (Å²) in [5.41, 5.74) is 3.05. The average Bonchev–Trinajstić information content (AvgIpc) is 3.01. The minimum Gasteiger partial charge on any atom is -0.246 e. The zero-order chi connectivity index (χ0) is 10.8. The molecule has 2 nitrogen and oxygen atoms in total. The number of benzene rings is 1. The van der Waals surface area contributed by atoms with Gasteiger partial charge in [-0.2, -0.15) is 5.10 Å². The van der Waals surface area contributed by atoms with Crippen molar-refractivity contribution in [2.75, 3.05) is 5.01 Å². The summed E-state index contributed by atoms with van der Waals surface area (Å²) in [4.78, 5) is 1.34. The first-order valence-corrected chi connectivity index (χ1v) is 6.83. The summed E-state index contributed by atoms with van der Waals surface area (Å²) in [5, 5.41) is 8.89. The van der Waals surface area contributed by atoms with Crippen LogP contribution in [0.2, 0.25) is 0 Å². The minimum atomic E-state index is 0.294. The van der Waals surface area contributed by atoms with Crippen molar-refractivity contribution in [1.82, 2.24) is 0 Å². The first kappa shape index (κ1) is 9.93. The van der Waals surface area contributed by atoms with Crippen LogP contribution in [-0.4, -0.2) is 5.55 Å². The highest BCUT2D eigenvalue weighted by molar-refractivity contribution is 8.12. The number of rotatable bonds is 2. The first-order valence-electron chi connectivity index (χ1n) is 5.01. The van der Waals surface area contributed by atoms with E-state index < -0.39 is 0 Å². The number of hydrogen-bond acceptors (Lipinski definition) is 4. The highest BCUT2D eigenvalue weighted by Crippen LogP contribution is 2.40. The van der Waals surface area contributed by atoms with E-state index in [0.29, 0.717) is 5.37 Å². The largest absolute Gasteiger partial charge is 0.246 e. The smallest absolute Gasteiger partial charge is 0.137 e. The Kier molecular flexibility index (Phi) is 2.68. The van der Waals surface area contributed by atoms with E-state index in [1.807, 2.05) is 23.7 Å². The van der Waals surface area contributed by atoms with E-state index in [1.54, 1.807) is 23.1 Å². The topological polar surface area (TPSA) is 15.6 Å². The number of nitrogens with zero attached hydrogens (tertiary/aromatic N) is 2. The van der Waals surface area contributed by atoms with Gasteiger partial charge in [-0.25, -0.2) is 5.01 Å². The number of hydrazone groups is 1. The molecule has 3 rings (SSSR count). The highest BCUT2D eigenvalue weighted by atomic mass is 32.2. The van der Waals surface area contributed by atoms with Gasteiger partial charge in [0.1, 0.15) is 5.37 Å². The van der Waals surface area contributed by atoms with E-state index in [4.69, 9.17) is 0 Å². The molecule has 1 aliphatic heterocycles. The summed E-state index contributed by atoms with van der Waals surface area (Å²) in [7, 11) is 0. The fraction of sp³-hybridized carbons (Fsp3) is 0.0833. The van der Waals surface area contributed by atoms with Crippen LogP contribution in [0.1, 0.15) is 10.3 Å². The SMILES string of the molecule is C1=NN(c2ccccc2)C(c2cccs2)S1. The van der Waals surface area contributed by atoms with Crippen molar-refractivity contribution < 1.29 is 0 Å². The molecule has 0 saturated heterocycles. The number of para-hydroxylation sites is 1. The Labute approximate surface area is 103 Å². The van der Waals surface area contributed by atoms with E-state index in [9.17, 15) is 0 Å². The molecule has 0 radical (unpaired) electrons. The summed E-state index contributed by atoms with van der Waals surface area (Å²) in [6, 6.07) is 14.5. The molecular formula is C12H10N2S2. The van der Waals surface area contributed by atoms with Crippen molar-refractivity contribution in [3.05, 3.63) is 52.7 Å². The maximum Gasteiger partial charge on any atom is 0.137 e. The van der Waals surface area contributed by atoms with Gasteiger partial charge in [0.2, 0.25) is 0 Å². The molecule has 2 heterocycles. The van der Waals surface area contributed by atoms with Crippen LogP contribution in [0.4, 0.5) is 5.69 Å². The van der Waals surface area contributed by atoms with Gasteiger partial charge in [0.25, 0.3) is 0 Å². The van der Waals surface area contributed by atoms with Crippen molar-refractivity contribution in [3.63, 3.8) is 0 Å². The van der Waals surface area contributed by atoms with Gasteiger partial charge in [-0.05, 0) is 23.6 Å². The van der Waals surface area contributed by atoms with Crippen LogP contribution in [0, 0.1) is 0 Å². The summed E-state index contributed by atoms with van der Waals surface area (Å²) in [6.07, 6.45) is 0. The lowest BCUT2D eigenvalue weighted by Crippen LogP contribution is -2.15. The van der Waals surface area contributed by atoms with Crippen LogP contribution >= 0.6 is 23.1 Å². The lowest BCUT2D eigenvalue weighted by molar-refractivity contribution is 0.868. The van der Waals surface area contributed by atoms with Gasteiger partial charge in [-0.3, -0.25) is 0 Å². The molecule has 4 heteroatoms. The maximum atomic E-state index is 4.42. The van der Waals surface area contributed by atoms with E-state index in [-0.39, 0.29) is 0 Å². The average molecular weight is 246 g/mol. The Morgan fingerprint density at radius 2 is 1.94 bits per heavy atom. The monoisotopic (exact) mass is 246 g/mol. The summed E-state index contributed by atoms with van der Waals surface area (Å²) >= 11 is 3.52. The molecule has 80 valence electrons. The fourth-order valence-electron chi connectivity index (χ4n) is 1.66. The second-order valence-corrected chi connectivity index (χ2v) is 5.31. The fourth-order valence-corrected chi connectivity index (χ4v) is 3.45. The third-order valence-electron chi connectivity index (χ3n) is 2.39. The van der Waals surface area contributed by atoms with Crippen molar-refractivity contribution >= 4 is 34.3 Å². The van der Waals surface area contributed by atoms with Gasteiger partial charge < -0.3 is 0 Å². The third kappa shape index (κ3) is 1.74. The van der Waals surface area contributed by atoms with E-state index in [2.05, 4.69) is 39.8 Å². The summed E-state index contributed by atoms with van der Waals surface area (Å²) in [5.74, 6) is 0. The molecule has 0 fully saturated rings. The van der Waals surface area contributed by atoms with Gasteiger partial charge in [-0.15, -0.1) is 11.3 Å². The molecule has 1 aliphatic rings. The number of thioether (sulfide) groups is 1. The van der Waals surface area contributed by atoms with Crippen LogP contribution in [0.15, 0.2) is 52.9 Å². The Morgan fingerprint density at radius 1 is 1.06 bits per heavy atom. The number of thiophene rings is 1. The molecule has 16 heavy (non-hydrogen) atoms. The molecule has 1 atom stereocenters. The normalized spacial score (nSPS) is 19.2. The molecule has 2 aromatic rings.